The van der Waals surface area contributed by atoms with E-state index in [9.17, 15) is 18.8 Å². The van der Waals surface area contributed by atoms with Gasteiger partial charge in [-0.25, -0.2) is 4.79 Å². The summed E-state index contributed by atoms with van der Waals surface area (Å²) in [5.74, 6) is -2.53. The average Bonchev–Trinajstić information content (AvgIpc) is 2.46. The van der Waals surface area contributed by atoms with Crippen LogP contribution in [0.3, 0.4) is 0 Å². The van der Waals surface area contributed by atoms with Gasteiger partial charge < -0.3 is 10.1 Å². The van der Waals surface area contributed by atoms with E-state index >= 15 is 0 Å². The molecule has 0 saturated carbocycles. The number of carbonyl (C=O) groups excluding carboxylic acids is 3. The number of alkyl halides is 1. The summed E-state index contributed by atoms with van der Waals surface area (Å²) in [4.78, 5) is 34.7. The van der Waals surface area contributed by atoms with E-state index in [0.29, 0.717) is 0 Å². The molecule has 0 spiro atoms. The van der Waals surface area contributed by atoms with Gasteiger partial charge in [0.05, 0.1) is 13.8 Å². The normalized spacial score (nSPS) is 11.5. The molecule has 1 amide bonds. The standard InChI is InChI=1S/C13H14FNO4/c1-19-13(18)10(7-8-14)15-12(17)11(16)9-5-3-2-4-6-9/h2-6,10H,7-8H2,1H3,(H,15,17)/t10-/m0/s1. The molecule has 6 heteroatoms. The van der Waals surface area contributed by atoms with Gasteiger partial charge in [-0.2, -0.15) is 0 Å². The number of esters is 1. The lowest BCUT2D eigenvalue weighted by atomic mass is 10.1. The predicted octanol–water partition coefficient (Wildman–Crippen LogP) is 0.887. The molecular formula is C13H14FNO4. The zero-order valence-corrected chi connectivity index (χ0v) is 10.4. The summed E-state index contributed by atoms with van der Waals surface area (Å²) >= 11 is 0. The second-order valence-electron chi connectivity index (χ2n) is 3.72. The third kappa shape index (κ3) is 4.17. The van der Waals surface area contributed by atoms with Crippen LogP contribution in [-0.2, 0) is 14.3 Å². The highest BCUT2D eigenvalue weighted by Crippen LogP contribution is 2.02. The molecule has 0 unspecified atom stereocenters. The van der Waals surface area contributed by atoms with Crippen molar-refractivity contribution in [2.75, 3.05) is 13.8 Å². The van der Waals surface area contributed by atoms with Crippen LogP contribution in [0.25, 0.3) is 0 Å². The third-order valence-electron chi connectivity index (χ3n) is 2.43. The largest absolute Gasteiger partial charge is 0.467 e. The molecule has 0 aliphatic rings. The van der Waals surface area contributed by atoms with Crippen molar-refractivity contribution < 1.29 is 23.5 Å². The van der Waals surface area contributed by atoms with Crippen molar-refractivity contribution in [2.24, 2.45) is 0 Å². The molecule has 1 aromatic carbocycles. The van der Waals surface area contributed by atoms with Crippen LogP contribution in [0.4, 0.5) is 4.39 Å². The minimum atomic E-state index is -1.16. The van der Waals surface area contributed by atoms with Crippen molar-refractivity contribution in [3.8, 4) is 0 Å². The first kappa shape index (κ1) is 14.8. The van der Waals surface area contributed by atoms with Crippen molar-refractivity contribution in [1.29, 1.82) is 0 Å². The summed E-state index contributed by atoms with van der Waals surface area (Å²) in [5.41, 5.74) is 0.198. The Balaban J connectivity index is 2.72. The quantitative estimate of drug-likeness (QED) is 0.472. The third-order valence-corrected chi connectivity index (χ3v) is 2.43. The lowest BCUT2D eigenvalue weighted by molar-refractivity contribution is -0.144. The molecule has 0 bridgehead atoms. The molecule has 19 heavy (non-hydrogen) atoms. The van der Waals surface area contributed by atoms with Crippen LogP contribution >= 0.6 is 0 Å². The van der Waals surface area contributed by atoms with E-state index in [1.807, 2.05) is 0 Å². The fourth-order valence-corrected chi connectivity index (χ4v) is 1.44. The van der Waals surface area contributed by atoms with Gasteiger partial charge in [0, 0.05) is 12.0 Å². The van der Waals surface area contributed by atoms with E-state index in [0.717, 1.165) is 7.11 Å². The van der Waals surface area contributed by atoms with Gasteiger partial charge in [-0.3, -0.25) is 14.0 Å². The summed E-state index contributed by atoms with van der Waals surface area (Å²) < 4.78 is 16.7. The van der Waals surface area contributed by atoms with E-state index in [2.05, 4.69) is 10.1 Å². The van der Waals surface area contributed by atoms with E-state index < -0.39 is 30.4 Å². The molecule has 0 radical (unpaired) electrons. The molecule has 1 rings (SSSR count). The summed E-state index contributed by atoms with van der Waals surface area (Å²) in [5, 5.41) is 2.16. The minimum absolute atomic E-state index is 0.198. The van der Waals surface area contributed by atoms with Gasteiger partial charge in [0.15, 0.2) is 0 Å². The number of hydrogen-bond donors (Lipinski definition) is 1. The van der Waals surface area contributed by atoms with E-state index in [1.165, 1.54) is 12.1 Å². The molecule has 5 nitrogen and oxygen atoms in total. The Labute approximate surface area is 109 Å². The van der Waals surface area contributed by atoms with Crippen LogP contribution in [0.2, 0.25) is 0 Å². The van der Waals surface area contributed by atoms with Crippen molar-refractivity contribution in [3.63, 3.8) is 0 Å². The van der Waals surface area contributed by atoms with Crippen LogP contribution in [0.5, 0.6) is 0 Å². The number of nitrogens with one attached hydrogen (secondary N) is 1. The summed E-state index contributed by atoms with van der Waals surface area (Å²) in [6.07, 6.45) is -0.236. The molecule has 0 heterocycles. The highest BCUT2D eigenvalue weighted by Gasteiger charge is 2.25. The Kier molecular flexibility index (Phi) is 5.66. The molecule has 1 aromatic rings. The molecule has 0 aliphatic carbocycles. The summed E-state index contributed by atoms with van der Waals surface area (Å²) in [7, 11) is 1.12. The highest BCUT2D eigenvalue weighted by atomic mass is 19.1. The molecule has 102 valence electrons. The molecule has 0 aromatic heterocycles. The number of Topliss-reactive ketones (excluding diaryl/α,β-unsaturated/α-hetero) is 1. The van der Waals surface area contributed by atoms with Crippen molar-refractivity contribution in [2.45, 2.75) is 12.5 Å². The zero-order chi connectivity index (χ0) is 14.3. The van der Waals surface area contributed by atoms with Gasteiger partial charge in [0.1, 0.15) is 6.04 Å². The molecule has 0 aliphatic heterocycles. The second kappa shape index (κ2) is 7.25. The topological polar surface area (TPSA) is 72.5 Å². The molecule has 0 saturated heterocycles. The lowest BCUT2D eigenvalue weighted by Gasteiger charge is -2.14. The summed E-state index contributed by atoms with van der Waals surface area (Å²) in [6.45, 7) is -0.806. The van der Waals surface area contributed by atoms with Crippen LogP contribution in [0.15, 0.2) is 30.3 Å². The Morgan fingerprint density at radius 1 is 1.26 bits per heavy atom. The fourth-order valence-electron chi connectivity index (χ4n) is 1.44. The van der Waals surface area contributed by atoms with Crippen LogP contribution in [0.1, 0.15) is 16.8 Å². The Hall–Kier alpha value is -2.24. The monoisotopic (exact) mass is 267 g/mol. The minimum Gasteiger partial charge on any atom is -0.467 e. The van der Waals surface area contributed by atoms with Gasteiger partial charge in [0.2, 0.25) is 5.78 Å². The lowest BCUT2D eigenvalue weighted by Crippen LogP contribution is -2.44. The number of halogens is 1. The smallest absolute Gasteiger partial charge is 0.328 e. The van der Waals surface area contributed by atoms with Gasteiger partial charge in [-0.15, -0.1) is 0 Å². The van der Waals surface area contributed by atoms with E-state index in [-0.39, 0.29) is 12.0 Å². The maximum atomic E-state index is 12.3. The van der Waals surface area contributed by atoms with Crippen molar-refractivity contribution >= 4 is 17.7 Å². The number of benzene rings is 1. The first-order chi connectivity index (χ1) is 9.10. The van der Waals surface area contributed by atoms with Gasteiger partial charge in [-0.05, 0) is 0 Å². The fraction of sp³-hybridized carbons (Fsp3) is 0.308. The number of carbonyl (C=O) groups is 3. The second-order valence-corrected chi connectivity index (χ2v) is 3.72. The number of ketones is 1. The molecule has 1 atom stereocenters. The van der Waals surface area contributed by atoms with Gasteiger partial charge in [-0.1, -0.05) is 30.3 Å². The number of amides is 1. The number of methoxy groups -OCH3 is 1. The average molecular weight is 267 g/mol. The Morgan fingerprint density at radius 3 is 2.42 bits per heavy atom. The van der Waals surface area contributed by atoms with Crippen LogP contribution in [0, 0.1) is 0 Å². The van der Waals surface area contributed by atoms with Gasteiger partial charge in [0.25, 0.3) is 5.91 Å². The highest BCUT2D eigenvalue weighted by molar-refractivity contribution is 6.43. The number of ether oxygens (including phenoxy) is 1. The molecule has 1 N–H and O–H groups in total. The summed E-state index contributed by atoms with van der Waals surface area (Å²) in [6, 6.07) is 6.72. The van der Waals surface area contributed by atoms with Crippen LogP contribution in [-0.4, -0.2) is 37.5 Å². The first-order valence-electron chi connectivity index (χ1n) is 5.64. The van der Waals surface area contributed by atoms with E-state index in [1.54, 1.807) is 18.2 Å². The Morgan fingerprint density at radius 2 is 1.89 bits per heavy atom. The first-order valence-corrected chi connectivity index (χ1v) is 5.64. The zero-order valence-electron chi connectivity index (χ0n) is 10.4. The van der Waals surface area contributed by atoms with Crippen molar-refractivity contribution in [3.05, 3.63) is 35.9 Å². The predicted molar refractivity (Wildman–Crippen MR) is 65.3 cm³/mol. The van der Waals surface area contributed by atoms with Gasteiger partial charge >= 0.3 is 5.97 Å². The molecular weight excluding hydrogens is 253 g/mol. The van der Waals surface area contributed by atoms with Crippen molar-refractivity contribution in [1.82, 2.24) is 5.32 Å². The van der Waals surface area contributed by atoms with E-state index in [4.69, 9.17) is 0 Å². The van der Waals surface area contributed by atoms with Crippen LogP contribution < -0.4 is 5.32 Å². The number of rotatable bonds is 6. The SMILES string of the molecule is COC(=O)[C@H](CCF)NC(=O)C(=O)c1ccccc1. The molecule has 0 fully saturated rings. The maximum Gasteiger partial charge on any atom is 0.328 e. The maximum absolute atomic E-state index is 12.3. The number of hydrogen-bond acceptors (Lipinski definition) is 4. The Bertz CT molecular complexity index is 461.